The van der Waals surface area contributed by atoms with Crippen molar-refractivity contribution >= 4 is 23.8 Å². The second kappa shape index (κ2) is 10.6. The molecule has 0 saturated carbocycles. The number of rotatable bonds is 10. The summed E-state index contributed by atoms with van der Waals surface area (Å²) in [4.78, 5) is 34.4. The van der Waals surface area contributed by atoms with E-state index in [1.807, 2.05) is 19.9 Å². The van der Waals surface area contributed by atoms with Crippen LogP contribution in [0.15, 0.2) is 60.4 Å². The van der Waals surface area contributed by atoms with Crippen molar-refractivity contribution in [2.75, 3.05) is 6.61 Å². The first-order valence-electron chi connectivity index (χ1n) is 9.21. The predicted molar refractivity (Wildman–Crippen MR) is 111 cm³/mol. The first-order chi connectivity index (χ1) is 14.3. The summed E-state index contributed by atoms with van der Waals surface area (Å²) in [5.41, 5.74) is 0.966. The lowest BCUT2D eigenvalue weighted by molar-refractivity contribution is -0.139. The molecule has 0 fully saturated rings. The molecule has 7 heteroatoms. The van der Waals surface area contributed by atoms with E-state index in [2.05, 4.69) is 0 Å². The number of hydrogen-bond acceptors (Lipinski definition) is 5. The van der Waals surface area contributed by atoms with Crippen molar-refractivity contribution < 1.29 is 34.1 Å². The van der Waals surface area contributed by atoms with Crippen molar-refractivity contribution in [3.05, 3.63) is 77.1 Å². The molecule has 0 heterocycles. The van der Waals surface area contributed by atoms with E-state index in [0.29, 0.717) is 17.7 Å². The molecule has 0 spiro atoms. The molecule has 2 N–H and O–H groups in total. The molecule has 2 aromatic rings. The number of carboxylic acids is 2. The number of ether oxygens (including phenoxy) is 2. The maximum absolute atomic E-state index is 12.6. The molecule has 0 aliphatic carbocycles. The standard InChI is InChI=1S/C23H22O7/c1-3-17(4-2)30-18-10-11-19(21(13-18)29-14-22(25)26)20(24)12-7-15-5-8-16(9-6-15)23(27)28/h3,5-13H,4,14H2,1-2H3,(H,25,26)(H,27,28). The summed E-state index contributed by atoms with van der Waals surface area (Å²) in [6.45, 7) is 3.17. The van der Waals surface area contributed by atoms with Gasteiger partial charge in [-0.3, -0.25) is 4.79 Å². The molecule has 0 aliphatic rings. The minimum atomic E-state index is -1.17. The van der Waals surface area contributed by atoms with Crippen molar-refractivity contribution in [1.82, 2.24) is 0 Å². The summed E-state index contributed by atoms with van der Waals surface area (Å²) >= 11 is 0. The molecule has 0 unspecified atom stereocenters. The molecule has 0 bridgehead atoms. The number of carbonyl (C=O) groups is 3. The van der Waals surface area contributed by atoms with Gasteiger partial charge in [-0.1, -0.05) is 25.1 Å². The Morgan fingerprint density at radius 2 is 1.73 bits per heavy atom. The Bertz CT molecular complexity index is 985. The monoisotopic (exact) mass is 410 g/mol. The summed E-state index contributed by atoms with van der Waals surface area (Å²) in [7, 11) is 0. The van der Waals surface area contributed by atoms with Gasteiger partial charge in [0.05, 0.1) is 16.9 Å². The van der Waals surface area contributed by atoms with Gasteiger partial charge < -0.3 is 19.7 Å². The van der Waals surface area contributed by atoms with Crippen molar-refractivity contribution in [2.24, 2.45) is 0 Å². The molecule has 0 atom stereocenters. The van der Waals surface area contributed by atoms with E-state index in [-0.39, 0.29) is 16.9 Å². The van der Waals surface area contributed by atoms with Crippen LogP contribution >= 0.6 is 0 Å². The molecule has 156 valence electrons. The summed E-state index contributed by atoms with van der Waals surface area (Å²) in [5, 5.41) is 17.8. The van der Waals surface area contributed by atoms with Crippen LogP contribution in [-0.4, -0.2) is 34.5 Å². The van der Waals surface area contributed by atoms with Crippen LogP contribution in [0.1, 0.15) is 46.5 Å². The Balaban J connectivity index is 2.26. The lowest BCUT2D eigenvalue weighted by Gasteiger charge is -2.12. The van der Waals surface area contributed by atoms with Gasteiger partial charge in [0, 0.05) is 12.5 Å². The fourth-order valence-electron chi connectivity index (χ4n) is 2.51. The van der Waals surface area contributed by atoms with Crippen LogP contribution in [0.2, 0.25) is 0 Å². The van der Waals surface area contributed by atoms with Crippen LogP contribution in [0, 0.1) is 0 Å². The molecule has 2 aromatic carbocycles. The highest BCUT2D eigenvalue weighted by Gasteiger charge is 2.14. The fourth-order valence-corrected chi connectivity index (χ4v) is 2.51. The van der Waals surface area contributed by atoms with E-state index in [0.717, 1.165) is 5.76 Å². The first-order valence-corrected chi connectivity index (χ1v) is 9.21. The summed E-state index contributed by atoms with van der Waals surface area (Å²) in [5.74, 6) is -1.36. The lowest BCUT2D eigenvalue weighted by atomic mass is 10.1. The van der Waals surface area contributed by atoms with Crippen LogP contribution in [0.3, 0.4) is 0 Å². The molecule has 30 heavy (non-hydrogen) atoms. The Morgan fingerprint density at radius 1 is 1.03 bits per heavy atom. The van der Waals surface area contributed by atoms with Crippen molar-refractivity contribution in [3.63, 3.8) is 0 Å². The minimum Gasteiger partial charge on any atom is -0.481 e. The number of allylic oxidation sites excluding steroid dienone is 3. The van der Waals surface area contributed by atoms with Gasteiger partial charge in [0.1, 0.15) is 11.5 Å². The molecular weight excluding hydrogens is 388 g/mol. The summed E-state index contributed by atoms with van der Waals surface area (Å²) in [6.07, 6.45) is 5.33. The first kappa shape index (κ1) is 22.4. The maximum atomic E-state index is 12.6. The maximum Gasteiger partial charge on any atom is 0.341 e. The van der Waals surface area contributed by atoms with E-state index in [1.165, 1.54) is 36.4 Å². The van der Waals surface area contributed by atoms with Gasteiger partial charge in [0.2, 0.25) is 0 Å². The van der Waals surface area contributed by atoms with E-state index in [1.54, 1.807) is 18.2 Å². The quantitative estimate of drug-likeness (QED) is 0.338. The van der Waals surface area contributed by atoms with Gasteiger partial charge in [0.15, 0.2) is 12.4 Å². The highest BCUT2D eigenvalue weighted by Crippen LogP contribution is 2.27. The van der Waals surface area contributed by atoms with Crippen molar-refractivity contribution in [3.8, 4) is 11.5 Å². The zero-order chi connectivity index (χ0) is 22.1. The Hall–Kier alpha value is -3.87. The Kier molecular flexibility index (Phi) is 7.93. The number of benzene rings is 2. The van der Waals surface area contributed by atoms with Gasteiger partial charge >= 0.3 is 11.9 Å². The van der Waals surface area contributed by atoms with Crippen LogP contribution in [0.25, 0.3) is 6.08 Å². The van der Waals surface area contributed by atoms with Crippen LogP contribution < -0.4 is 9.47 Å². The summed E-state index contributed by atoms with van der Waals surface area (Å²) in [6, 6.07) is 10.6. The molecular formula is C23H22O7. The zero-order valence-electron chi connectivity index (χ0n) is 16.6. The number of ketones is 1. The number of carbonyl (C=O) groups excluding carboxylic acids is 1. The number of carboxylic acid groups (broad SMARTS) is 2. The second-order valence-corrected chi connectivity index (χ2v) is 6.18. The van der Waals surface area contributed by atoms with E-state index >= 15 is 0 Å². The van der Waals surface area contributed by atoms with Crippen LogP contribution in [0.5, 0.6) is 11.5 Å². The van der Waals surface area contributed by atoms with E-state index in [9.17, 15) is 14.4 Å². The lowest BCUT2D eigenvalue weighted by Crippen LogP contribution is -2.12. The molecule has 0 saturated heterocycles. The van der Waals surface area contributed by atoms with Gasteiger partial charge in [-0.25, -0.2) is 9.59 Å². The smallest absolute Gasteiger partial charge is 0.341 e. The molecule has 7 nitrogen and oxygen atoms in total. The highest BCUT2D eigenvalue weighted by molar-refractivity contribution is 6.08. The van der Waals surface area contributed by atoms with Gasteiger partial charge in [-0.15, -0.1) is 0 Å². The third kappa shape index (κ3) is 6.34. The topological polar surface area (TPSA) is 110 Å². The largest absolute Gasteiger partial charge is 0.481 e. The second-order valence-electron chi connectivity index (χ2n) is 6.18. The normalized spacial score (nSPS) is 11.3. The van der Waals surface area contributed by atoms with Gasteiger partial charge in [-0.2, -0.15) is 0 Å². The third-order valence-corrected chi connectivity index (χ3v) is 4.07. The average Bonchev–Trinajstić information content (AvgIpc) is 2.74. The third-order valence-electron chi connectivity index (χ3n) is 4.07. The predicted octanol–water partition coefficient (Wildman–Crippen LogP) is 4.44. The van der Waals surface area contributed by atoms with Crippen LogP contribution in [-0.2, 0) is 4.79 Å². The number of hydrogen-bond donors (Lipinski definition) is 2. The molecule has 0 amide bonds. The fraction of sp³-hybridized carbons (Fsp3) is 0.174. The van der Waals surface area contributed by atoms with E-state index in [4.69, 9.17) is 19.7 Å². The van der Waals surface area contributed by atoms with Gasteiger partial charge in [-0.05, 0) is 48.9 Å². The van der Waals surface area contributed by atoms with E-state index < -0.39 is 24.3 Å². The SMILES string of the molecule is CC=C(CC)Oc1ccc(C(=O)C=Cc2ccc(C(=O)O)cc2)c(OCC(=O)O)c1. The minimum absolute atomic E-state index is 0.0948. The van der Waals surface area contributed by atoms with Crippen molar-refractivity contribution in [2.45, 2.75) is 20.3 Å². The number of aromatic carboxylic acids is 1. The Morgan fingerprint density at radius 3 is 2.30 bits per heavy atom. The zero-order valence-corrected chi connectivity index (χ0v) is 16.6. The average molecular weight is 410 g/mol. The Labute approximate surface area is 173 Å². The molecule has 0 aromatic heterocycles. The van der Waals surface area contributed by atoms with Gasteiger partial charge in [0.25, 0.3) is 0 Å². The molecule has 0 radical (unpaired) electrons. The number of aliphatic carboxylic acids is 1. The summed E-state index contributed by atoms with van der Waals surface area (Å²) < 4.78 is 11.0. The highest BCUT2D eigenvalue weighted by atomic mass is 16.5. The van der Waals surface area contributed by atoms with Crippen molar-refractivity contribution in [1.29, 1.82) is 0 Å². The molecule has 0 aliphatic heterocycles. The molecule has 2 rings (SSSR count). The van der Waals surface area contributed by atoms with Crippen LogP contribution in [0.4, 0.5) is 0 Å².